The molecule has 27 heavy (non-hydrogen) atoms. The van der Waals surface area contributed by atoms with E-state index in [2.05, 4.69) is 25.6 Å². The van der Waals surface area contributed by atoms with Gasteiger partial charge in [0.15, 0.2) is 5.69 Å². The number of ether oxygens (including phenoxy) is 1. The molecule has 140 valence electrons. The highest BCUT2D eigenvalue weighted by molar-refractivity contribution is 7.17. The van der Waals surface area contributed by atoms with Crippen molar-refractivity contribution >= 4 is 33.4 Å². The first-order valence-electron chi connectivity index (χ1n) is 8.89. The van der Waals surface area contributed by atoms with Crippen molar-refractivity contribution in [1.29, 1.82) is 0 Å². The predicted octanol–water partition coefficient (Wildman–Crippen LogP) is 3.17. The van der Waals surface area contributed by atoms with Crippen LogP contribution in [0.4, 0.5) is 5.95 Å². The summed E-state index contributed by atoms with van der Waals surface area (Å²) >= 11 is 1.48. The van der Waals surface area contributed by atoms with Crippen LogP contribution in [-0.4, -0.2) is 40.1 Å². The van der Waals surface area contributed by atoms with Gasteiger partial charge < -0.3 is 15.4 Å². The smallest absolute Gasteiger partial charge is 0.271 e. The van der Waals surface area contributed by atoms with Crippen molar-refractivity contribution in [1.82, 2.24) is 20.3 Å². The van der Waals surface area contributed by atoms with E-state index >= 15 is 0 Å². The lowest BCUT2D eigenvalue weighted by Gasteiger charge is -2.34. The molecule has 3 heterocycles. The van der Waals surface area contributed by atoms with Gasteiger partial charge in [0.2, 0.25) is 5.95 Å². The molecule has 4 rings (SSSR count). The SMILES string of the molecule is CO[C@H]1C[C@@H](NC(=O)c2nc(N[C@@H](C)c3cccnc3)nc3ccsc23)C1. The second-order valence-electron chi connectivity index (χ2n) is 6.68. The second-order valence-corrected chi connectivity index (χ2v) is 7.60. The van der Waals surface area contributed by atoms with Gasteiger partial charge >= 0.3 is 0 Å². The molecule has 0 unspecified atom stereocenters. The average Bonchev–Trinajstić information content (AvgIpc) is 3.12. The Hall–Kier alpha value is -2.58. The molecule has 0 aromatic carbocycles. The third kappa shape index (κ3) is 3.77. The number of aromatic nitrogens is 3. The number of carbonyl (C=O) groups is 1. The van der Waals surface area contributed by atoms with Crippen LogP contribution in [-0.2, 0) is 4.74 Å². The van der Waals surface area contributed by atoms with Crippen LogP contribution in [0.1, 0.15) is 41.9 Å². The van der Waals surface area contributed by atoms with Crippen molar-refractivity contribution in [3.8, 4) is 0 Å². The normalized spacial score (nSPS) is 20.1. The third-order valence-corrected chi connectivity index (χ3v) is 5.72. The number of fused-ring (bicyclic) bond motifs is 1. The van der Waals surface area contributed by atoms with Crippen molar-refractivity contribution in [3.63, 3.8) is 0 Å². The van der Waals surface area contributed by atoms with Crippen LogP contribution in [0.2, 0.25) is 0 Å². The lowest BCUT2D eigenvalue weighted by atomic mass is 9.89. The minimum Gasteiger partial charge on any atom is -0.381 e. The van der Waals surface area contributed by atoms with Gasteiger partial charge in [-0.2, -0.15) is 0 Å². The first-order chi connectivity index (χ1) is 13.1. The molecule has 1 amide bonds. The zero-order chi connectivity index (χ0) is 18.8. The lowest BCUT2D eigenvalue weighted by Crippen LogP contribution is -2.47. The summed E-state index contributed by atoms with van der Waals surface area (Å²) in [6.45, 7) is 2.01. The molecular formula is C19H21N5O2S. The lowest BCUT2D eigenvalue weighted by molar-refractivity contribution is 0.0175. The van der Waals surface area contributed by atoms with E-state index < -0.39 is 0 Å². The summed E-state index contributed by atoms with van der Waals surface area (Å²) in [5, 5.41) is 8.25. The quantitative estimate of drug-likeness (QED) is 0.680. The minimum atomic E-state index is -0.165. The highest BCUT2D eigenvalue weighted by Gasteiger charge is 2.31. The van der Waals surface area contributed by atoms with Crippen LogP contribution >= 0.6 is 11.3 Å². The van der Waals surface area contributed by atoms with Gasteiger partial charge in [0.25, 0.3) is 5.91 Å². The van der Waals surface area contributed by atoms with Gasteiger partial charge in [-0.15, -0.1) is 11.3 Å². The maximum atomic E-state index is 12.8. The van der Waals surface area contributed by atoms with Crippen LogP contribution in [0.3, 0.4) is 0 Å². The van der Waals surface area contributed by atoms with E-state index in [1.165, 1.54) is 11.3 Å². The average molecular weight is 383 g/mol. The maximum Gasteiger partial charge on any atom is 0.271 e. The zero-order valence-corrected chi connectivity index (χ0v) is 16.0. The Morgan fingerprint density at radius 1 is 1.33 bits per heavy atom. The molecule has 8 heteroatoms. The van der Waals surface area contributed by atoms with Crippen LogP contribution < -0.4 is 10.6 Å². The highest BCUT2D eigenvalue weighted by Crippen LogP contribution is 2.27. The van der Waals surface area contributed by atoms with Crippen LogP contribution in [0.5, 0.6) is 0 Å². The number of pyridine rings is 1. The Labute approximate surface area is 161 Å². The van der Waals surface area contributed by atoms with Gasteiger partial charge in [0, 0.05) is 25.5 Å². The largest absolute Gasteiger partial charge is 0.381 e. The van der Waals surface area contributed by atoms with Crippen molar-refractivity contribution in [3.05, 3.63) is 47.2 Å². The van der Waals surface area contributed by atoms with E-state index in [0.29, 0.717) is 11.6 Å². The second kappa shape index (κ2) is 7.58. The number of methoxy groups -OCH3 is 1. The molecule has 1 fully saturated rings. The number of hydrogen-bond acceptors (Lipinski definition) is 7. The summed E-state index contributed by atoms with van der Waals surface area (Å²) in [5.74, 6) is 0.271. The Bertz CT molecular complexity index is 940. The van der Waals surface area contributed by atoms with Crippen molar-refractivity contribution in [2.45, 2.75) is 38.0 Å². The molecule has 7 nitrogen and oxygen atoms in total. The summed E-state index contributed by atoms with van der Waals surface area (Å²) in [6.07, 6.45) is 5.45. The maximum absolute atomic E-state index is 12.8. The van der Waals surface area contributed by atoms with Crippen molar-refractivity contribution < 1.29 is 9.53 Å². The molecule has 1 saturated carbocycles. The summed E-state index contributed by atoms with van der Waals surface area (Å²) in [4.78, 5) is 26.0. The molecule has 0 bridgehead atoms. The van der Waals surface area contributed by atoms with Crippen LogP contribution in [0.15, 0.2) is 36.0 Å². The highest BCUT2D eigenvalue weighted by atomic mass is 32.1. The van der Waals surface area contributed by atoms with Crippen molar-refractivity contribution in [2.75, 3.05) is 12.4 Å². The number of nitrogens with zero attached hydrogens (tertiary/aromatic N) is 3. The van der Waals surface area contributed by atoms with Gasteiger partial charge in [0.1, 0.15) is 0 Å². The molecule has 1 aliphatic rings. The van der Waals surface area contributed by atoms with Gasteiger partial charge in [0.05, 0.1) is 22.4 Å². The van der Waals surface area contributed by atoms with E-state index in [-0.39, 0.29) is 24.1 Å². The first kappa shape index (κ1) is 17.8. The summed E-state index contributed by atoms with van der Waals surface area (Å²) < 4.78 is 6.08. The van der Waals surface area contributed by atoms with E-state index in [9.17, 15) is 4.79 Å². The minimum absolute atomic E-state index is 0.0280. The number of rotatable bonds is 6. The summed E-state index contributed by atoms with van der Waals surface area (Å²) in [6, 6.07) is 5.90. The number of nitrogens with one attached hydrogen (secondary N) is 2. The fourth-order valence-corrected chi connectivity index (χ4v) is 3.94. The number of hydrogen-bond donors (Lipinski definition) is 2. The Morgan fingerprint density at radius 3 is 2.93 bits per heavy atom. The number of thiophene rings is 1. The standard InChI is InChI=1S/C19H21N5O2S/c1-11(12-4-3-6-20-10-12)21-19-23-15-5-7-27-17(15)16(24-19)18(25)22-13-8-14(9-13)26-2/h3-7,10-11,13-14H,8-9H2,1-2H3,(H,22,25)(H,21,23,24)/t11-,13-,14+/m0/s1. The first-order valence-corrected chi connectivity index (χ1v) is 9.77. The van der Waals surface area contributed by atoms with Crippen LogP contribution in [0, 0.1) is 0 Å². The Balaban J connectivity index is 1.55. The van der Waals surface area contributed by atoms with Gasteiger partial charge in [-0.05, 0) is 42.8 Å². The van der Waals surface area contributed by atoms with Gasteiger partial charge in [-0.1, -0.05) is 6.07 Å². The third-order valence-electron chi connectivity index (χ3n) is 4.81. The molecule has 0 spiro atoms. The Morgan fingerprint density at radius 2 is 2.19 bits per heavy atom. The molecule has 3 aromatic rings. The van der Waals surface area contributed by atoms with E-state index in [0.717, 1.165) is 28.6 Å². The number of amides is 1. The van der Waals surface area contributed by atoms with Gasteiger partial charge in [-0.3, -0.25) is 9.78 Å². The number of carbonyl (C=O) groups excluding carboxylic acids is 1. The topological polar surface area (TPSA) is 89.0 Å². The van der Waals surface area contributed by atoms with E-state index in [1.54, 1.807) is 19.5 Å². The molecule has 1 aliphatic carbocycles. The van der Waals surface area contributed by atoms with E-state index in [4.69, 9.17) is 4.74 Å². The van der Waals surface area contributed by atoms with E-state index in [1.807, 2.05) is 30.5 Å². The molecule has 0 aliphatic heterocycles. The van der Waals surface area contributed by atoms with Gasteiger partial charge in [-0.25, -0.2) is 9.97 Å². The molecule has 3 aromatic heterocycles. The fraction of sp³-hybridized carbons (Fsp3) is 0.368. The summed E-state index contributed by atoms with van der Waals surface area (Å²) in [5.41, 5.74) is 2.21. The monoisotopic (exact) mass is 383 g/mol. The predicted molar refractivity (Wildman–Crippen MR) is 105 cm³/mol. The van der Waals surface area contributed by atoms with Crippen molar-refractivity contribution in [2.24, 2.45) is 0 Å². The molecule has 2 N–H and O–H groups in total. The molecule has 0 saturated heterocycles. The number of anilines is 1. The summed E-state index contributed by atoms with van der Waals surface area (Å²) in [7, 11) is 1.70. The van der Waals surface area contributed by atoms with Crippen LogP contribution in [0.25, 0.3) is 10.2 Å². The zero-order valence-electron chi connectivity index (χ0n) is 15.2. The fourth-order valence-electron chi connectivity index (χ4n) is 3.12. The molecule has 0 radical (unpaired) electrons. The Kier molecular flexibility index (Phi) is 5.00. The molecule has 1 atom stereocenters. The molecular weight excluding hydrogens is 362 g/mol.